The standard InChI is InChI=1S/C26H28N2O6/c1-31-19-12-16(13-20(32-2)24(19)33-3)22-21-23(29)17-6-4-5-7-18(17)34-25(21)26(30)28(22)14-15-8-10-27-11-9-15/h8-13,17-18,22H,4-7,14H2,1-3H3. The summed E-state index contributed by atoms with van der Waals surface area (Å²) in [5.41, 5.74) is 2.04. The van der Waals surface area contributed by atoms with Crippen LogP contribution in [-0.4, -0.2) is 49.0 Å². The number of fused-ring (bicyclic) bond motifs is 1. The summed E-state index contributed by atoms with van der Waals surface area (Å²) in [6.45, 7) is 0.307. The number of benzene rings is 1. The molecule has 1 aromatic heterocycles. The van der Waals surface area contributed by atoms with Gasteiger partial charge < -0.3 is 23.8 Å². The topological polar surface area (TPSA) is 87.2 Å². The zero-order valence-electron chi connectivity index (χ0n) is 19.6. The quantitative estimate of drug-likeness (QED) is 0.646. The third-order valence-electron chi connectivity index (χ3n) is 6.96. The van der Waals surface area contributed by atoms with Gasteiger partial charge in [-0.25, -0.2) is 0 Å². The van der Waals surface area contributed by atoms with Crippen molar-refractivity contribution in [3.05, 3.63) is 59.1 Å². The Morgan fingerprint density at radius 1 is 1.00 bits per heavy atom. The van der Waals surface area contributed by atoms with Crippen LogP contribution in [0.4, 0.5) is 0 Å². The summed E-state index contributed by atoms with van der Waals surface area (Å²) < 4.78 is 22.8. The lowest BCUT2D eigenvalue weighted by Gasteiger charge is -2.35. The average Bonchev–Trinajstić information content (AvgIpc) is 3.15. The first-order chi connectivity index (χ1) is 16.6. The minimum atomic E-state index is -0.625. The summed E-state index contributed by atoms with van der Waals surface area (Å²) in [4.78, 5) is 33.2. The summed E-state index contributed by atoms with van der Waals surface area (Å²) in [5.74, 6) is 1.07. The van der Waals surface area contributed by atoms with E-state index in [-0.39, 0.29) is 29.5 Å². The third-order valence-corrected chi connectivity index (χ3v) is 6.96. The third kappa shape index (κ3) is 3.57. The Balaban J connectivity index is 1.65. The monoisotopic (exact) mass is 464 g/mol. The maximum atomic E-state index is 13.8. The first kappa shape index (κ1) is 22.3. The van der Waals surface area contributed by atoms with E-state index in [9.17, 15) is 9.59 Å². The van der Waals surface area contributed by atoms with Gasteiger partial charge in [-0.1, -0.05) is 6.42 Å². The van der Waals surface area contributed by atoms with Crippen LogP contribution in [0.5, 0.6) is 17.2 Å². The van der Waals surface area contributed by atoms with Crippen molar-refractivity contribution in [3.8, 4) is 17.2 Å². The summed E-state index contributed by atoms with van der Waals surface area (Å²) >= 11 is 0. The van der Waals surface area contributed by atoms with Crippen LogP contribution >= 0.6 is 0 Å². The highest BCUT2D eigenvalue weighted by atomic mass is 16.5. The highest BCUT2D eigenvalue weighted by molar-refractivity contribution is 6.11. The van der Waals surface area contributed by atoms with Gasteiger partial charge in [0, 0.05) is 18.9 Å². The molecule has 8 heteroatoms. The molecule has 8 nitrogen and oxygen atoms in total. The molecule has 3 unspecified atom stereocenters. The normalized spacial score (nSPS) is 23.9. The molecule has 0 spiro atoms. The first-order valence-electron chi connectivity index (χ1n) is 11.5. The summed E-state index contributed by atoms with van der Waals surface area (Å²) in [6.07, 6.45) is 6.71. The molecular weight excluding hydrogens is 436 g/mol. The smallest absolute Gasteiger partial charge is 0.290 e. The van der Waals surface area contributed by atoms with Gasteiger partial charge in [-0.05, 0) is 54.7 Å². The Morgan fingerprint density at radius 3 is 2.32 bits per heavy atom. The van der Waals surface area contributed by atoms with E-state index < -0.39 is 6.04 Å². The Labute approximate surface area is 198 Å². The number of carbonyl (C=O) groups is 2. The van der Waals surface area contributed by atoms with E-state index >= 15 is 0 Å². The maximum absolute atomic E-state index is 13.8. The van der Waals surface area contributed by atoms with Crippen LogP contribution in [0.1, 0.15) is 42.9 Å². The van der Waals surface area contributed by atoms with Crippen LogP contribution in [-0.2, 0) is 20.9 Å². The van der Waals surface area contributed by atoms with E-state index in [1.165, 1.54) is 7.11 Å². The number of Topliss-reactive ketones (excluding diaryl/α,β-unsaturated/α-hetero) is 1. The Hall–Kier alpha value is -3.55. The molecule has 1 fully saturated rings. The lowest BCUT2D eigenvalue weighted by Crippen LogP contribution is -2.39. The number of rotatable bonds is 6. The van der Waals surface area contributed by atoms with Gasteiger partial charge in [0.05, 0.1) is 38.9 Å². The number of carbonyl (C=O) groups excluding carboxylic acids is 2. The average molecular weight is 465 g/mol. The molecule has 3 aliphatic rings. The van der Waals surface area contributed by atoms with Crippen LogP contribution in [0, 0.1) is 5.92 Å². The van der Waals surface area contributed by atoms with Crippen molar-refractivity contribution in [3.63, 3.8) is 0 Å². The maximum Gasteiger partial charge on any atom is 0.290 e. The number of ether oxygens (including phenoxy) is 4. The molecule has 0 N–H and O–H groups in total. The number of hydrogen-bond donors (Lipinski definition) is 0. The number of nitrogens with zero attached hydrogens (tertiary/aromatic N) is 2. The number of pyridine rings is 1. The van der Waals surface area contributed by atoms with E-state index in [0.29, 0.717) is 34.9 Å². The number of hydrogen-bond acceptors (Lipinski definition) is 7. The van der Waals surface area contributed by atoms with Gasteiger partial charge in [-0.2, -0.15) is 0 Å². The number of ketones is 1. The zero-order chi connectivity index (χ0) is 23.8. The summed E-state index contributed by atoms with van der Waals surface area (Å²) in [6, 6.07) is 6.70. The van der Waals surface area contributed by atoms with Gasteiger partial charge in [-0.3, -0.25) is 14.6 Å². The van der Waals surface area contributed by atoms with Crippen molar-refractivity contribution in [2.45, 2.75) is 44.4 Å². The highest BCUT2D eigenvalue weighted by Crippen LogP contribution is 2.49. The number of aromatic nitrogens is 1. The molecular formula is C26H28N2O6. The molecule has 178 valence electrons. The van der Waals surface area contributed by atoms with E-state index in [0.717, 1.165) is 31.2 Å². The van der Waals surface area contributed by atoms with Crippen LogP contribution in [0.3, 0.4) is 0 Å². The van der Waals surface area contributed by atoms with Gasteiger partial charge in [0.2, 0.25) is 5.75 Å². The minimum absolute atomic E-state index is 0.00952. The Bertz CT molecular complexity index is 1120. The molecule has 0 radical (unpaired) electrons. The largest absolute Gasteiger partial charge is 0.493 e. The van der Waals surface area contributed by atoms with E-state index in [2.05, 4.69) is 4.98 Å². The fraction of sp³-hybridized carbons (Fsp3) is 0.423. The van der Waals surface area contributed by atoms with Gasteiger partial charge in [-0.15, -0.1) is 0 Å². The molecule has 3 atom stereocenters. The van der Waals surface area contributed by atoms with Crippen LogP contribution < -0.4 is 14.2 Å². The predicted molar refractivity (Wildman–Crippen MR) is 122 cm³/mol. The van der Waals surface area contributed by atoms with Crippen molar-refractivity contribution in [1.29, 1.82) is 0 Å². The van der Waals surface area contributed by atoms with E-state index in [1.807, 2.05) is 12.1 Å². The van der Waals surface area contributed by atoms with Crippen molar-refractivity contribution in [1.82, 2.24) is 9.88 Å². The highest BCUT2D eigenvalue weighted by Gasteiger charge is 2.52. The number of amides is 1. The molecule has 34 heavy (non-hydrogen) atoms. The van der Waals surface area contributed by atoms with Crippen molar-refractivity contribution >= 4 is 11.7 Å². The second-order valence-corrected chi connectivity index (χ2v) is 8.80. The molecule has 0 saturated heterocycles. The Kier molecular flexibility index (Phi) is 5.89. The molecule has 1 aromatic carbocycles. The summed E-state index contributed by atoms with van der Waals surface area (Å²) in [7, 11) is 4.63. The molecule has 5 rings (SSSR count). The van der Waals surface area contributed by atoms with Gasteiger partial charge in [0.1, 0.15) is 6.10 Å². The number of methoxy groups -OCH3 is 3. The molecule has 2 aromatic rings. The molecule has 1 saturated carbocycles. The fourth-order valence-corrected chi connectivity index (χ4v) is 5.35. The van der Waals surface area contributed by atoms with Crippen molar-refractivity contribution < 1.29 is 28.5 Å². The second-order valence-electron chi connectivity index (χ2n) is 8.80. The molecule has 2 aliphatic heterocycles. The molecule has 1 amide bonds. The SMILES string of the molecule is COc1cc(C2C3=C(OC4CCCCC4C3=O)C(=O)N2Cc2ccncc2)cc(OC)c1OC. The fourth-order valence-electron chi connectivity index (χ4n) is 5.35. The van der Waals surface area contributed by atoms with Crippen molar-refractivity contribution in [2.75, 3.05) is 21.3 Å². The minimum Gasteiger partial charge on any atom is -0.493 e. The lowest BCUT2D eigenvalue weighted by molar-refractivity contribution is -0.135. The molecule has 0 bridgehead atoms. The Morgan fingerprint density at radius 2 is 1.68 bits per heavy atom. The lowest BCUT2D eigenvalue weighted by atomic mass is 9.77. The van der Waals surface area contributed by atoms with Crippen LogP contribution in [0.15, 0.2) is 48.0 Å². The zero-order valence-corrected chi connectivity index (χ0v) is 19.6. The van der Waals surface area contributed by atoms with E-state index in [4.69, 9.17) is 18.9 Å². The predicted octanol–water partition coefficient (Wildman–Crippen LogP) is 3.60. The van der Waals surface area contributed by atoms with Crippen molar-refractivity contribution in [2.24, 2.45) is 5.92 Å². The second kappa shape index (κ2) is 9.00. The molecule has 1 aliphatic carbocycles. The summed E-state index contributed by atoms with van der Waals surface area (Å²) in [5, 5.41) is 0. The van der Waals surface area contributed by atoms with Crippen LogP contribution in [0.2, 0.25) is 0 Å². The van der Waals surface area contributed by atoms with Gasteiger partial charge >= 0.3 is 0 Å². The molecule has 3 heterocycles. The van der Waals surface area contributed by atoms with E-state index in [1.54, 1.807) is 43.6 Å². The first-order valence-corrected chi connectivity index (χ1v) is 11.5. The van der Waals surface area contributed by atoms with Gasteiger partial charge in [0.25, 0.3) is 5.91 Å². The van der Waals surface area contributed by atoms with Crippen LogP contribution in [0.25, 0.3) is 0 Å². The van der Waals surface area contributed by atoms with Gasteiger partial charge in [0.15, 0.2) is 23.0 Å².